The number of rotatable bonds is 10. The average molecular weight is 477 g/mol. The number of sulfonamides is 1. The molecule has 8 nitrogen and oxygen atoms in total. The van der Waals surface area contributed by atoms with Gasteiger partial charge in [0.15, 0.2) is 18.1 Å². The topological polar surface area (TPSA) is 94.2 Å². The lowest BCUT2D eigenvalue weighted by atomic mass is 10.1. The largest absolute Gasteiger partial charge is 0.493 e. The van der Waals surface area contributed by atoms with Gasteiger partial charge in [-0.25, -0.2) is 8.42 Å². The van der Waals surface area contributed by atoms with E-state index in [0.29, 0.717) is 43.3 Å². The number of nitrogens with zero attached hydrogens (tertiary/aromatic N) is 1. The summed E-state index contributed by atoms with van der Waals surface area (Å²) in [6.45, 7) is 1.42. The summed E-state index contributed by atoms with van der Waals surface area (Å²) < 4.78 is 43.3. The van der Waals surface area contributed by atoms with Gasteiger partial charge in [-0.05, 0) is 61.2 Å². The van der Waals surface area contributed by atoms with Gasteiger partial charge in [0, 0.05) is 19.6 Å². The van der Waals surface area contributed by atoms with Crippen LogP contribution in [0.15, 0.2) is 47.4 Å². The average Bonchev–Trinajstić information content (AvgIpc) is 3.13. The number of hydrogen-bond acceptors (Lipinski definition) is 6. The van der Waals surface area contributed by atoms with E-state index >= 15 is 0 Å². The molecule has 1 aliphatic rings. The molecule has 1 fully saturated rings. The van der Waals surface area contributed by atoms with Gasteiger partial charge in [-0.3, -0.25) is 4.79 Å². The molecule has 0 aliphatic carbocycles. The standard InChI is InChI=1S/C24H32N2O6S/c1-30-22-12-7-19(17-23(22)31-2)13-14-25-24(27)18-32-20-8-10-21(11-9-20)33(28,29)26-15-5-3-4-6-16-26/h7-12,17H,3-6,13-16,18H2,1-2H3,(H,25,27). The molecule has 0 aromatic heterocycles. The zero-order chi connectivity index (χ0) is 23.7. The predicted octanol–water partition coefficient (Wildman–Crippen LogP) is 3.01. The van der Waals surface area contributed by atoms with Crippen molar-refractivity contribution < 1.29 is 27.4 Å². The van der Waals surface area contributed by atoms with Crippen molar-refractivity contribution in [3.8, 4) is 17.2 Å². The van der Waals surface area contributed by atoms with Crippen LogP contribution in [0.3, 0.4) is 0 Å². The smallest absolute Gasteiger partial charge is 0.257 e. The molecule has 9 heteroatoms. The molecule has 1 saturated heterocycles. The van der Waals surface area contributed by atoms with E-state index < -0.39 is 10.0 Å². The Labute approximate surface area is 195 Å². The van der Waals surface area contributed by atoms with Gasteiger partial charge in [0.1, 0.15) is 5.75 Å². The Bertz CT molecular complexity index is 1020. The van der Waals surface area contributed by atoms with Crippen molar-refractivity contribution in [2.24, 2.45) is 0 Å². The molecule has 1 heterocycles. The first kappa shape index (κ1) is 24.9. The summed E-state index contributed by atoms with van der Waals surface area (Å²) in [5.41, 5.74) is 1.01. The summed E-state index contributed by atoms with van der Waals surface area (Å²) in [7, 11) is -0.335. The van der Waals surface area contributed by atoms with Crippen LogP contribution in [0.5, 0.6) is 17.2 Å². The lowest BCUT2D eigenvalue weighted by molar-refractivity contribution is -0.123. The Morgan fingerprint density at radius 1 is 0.939 bits per heavy atom. The fourth-order valence-corrected chi connectivity index (χ4v) is 5.24. The monoisotopic (exact) mass is 476 g/mol. The maximum absolute atomic E-state index is 12.8. The van der Waals surface area contributed by atoms with Gasteiger partial charge < -0.3 is 19.5 Å². The zero-order valence-electron chi connectivity index (χ0n) is 19.2. The quantitative estimate of drug-likeness (QED) is 0.567. The molecule has 0 saturated carbocycles. The Hall–Kier alpha value is -2.78. The minimum atomic E-state index is -3.50. The van der Waals surface area contributed by atoms with Gasteiger partial charge in [-0.1, -0.05) is 18.9 Å². The van der Waals surface area contributed by atoms with E-state index in [1.165, 1.54) is 12.1 Å². The van der Waals surface area contributed by atoms with Crippen molar-refractivity contribution in [1.82, 2.24) is 9.62 Å². The number of amides is 1. The van der Waals surface area contributed by atoms with Crippen LogP contribution >= 0.6 is 0 Å². The molecule has 2 aromatic rings. The predicted molar refractivity (Wildman–Crippen MR) is 125 cm³/mol. The Balaban J connectivity index is 1.45. The van der Waals surface area contributed by atoms with Crippen LogP contribution in [0.4, 0.5) is 0 Å². The van der Waals surface area contributed by atoms with Gasteiger partial charge in [0.05, 0.1) is 19.1 Å². The van der Waals surface area contributed by atoms with Crippen LogP contribution in [0.2, 0.25) is 0 Å². The summed E-state index contributed by atoms with van der Waals surface area (Å²) in [4.78, 5) is 12.4. The van der Waals surface area contributed by atoms with E-state index in [-0.39, 0.29) is 17.4 Å². The summed E-state index contributed by atoms with van der Waals surface area (Å²) in [5, 5.41) is 2.81. The fraction of sp³-hybridized carbons (Fsp3) is 0.458. The van der Waals surface area contributed by atoms with Crippen LogP contribution in [-0.2, 0) is 21.2 Å². The maximum Gasteiger partial charge on any atom is 0.257 e. The molecule has 0 unspecified atom stereocenters. The van der Waals surface area contributed by atoms with Gasteiger partial charge in [0.25, 0.3) is 5.91 Å². The molecule has 1 aliphatic heterocycles. The van der Waals surface area contributed by atoms with Gasteiger partial charge in [0.2, 0.25) is 10.0 Å². The van der Waals surface area contributed by atoms with Crippen molar-refractivity contribution in [2.45, 2.75) is 37.0 Å². The molecule has 0 radical (unpaired) electrons. The van der Waals surface area contributed by atoms with Gasteiger partial charge in [-0.2, -0.15) is 4.31 Å². The minimum absolute atomic E-state index is 0.149. The second kappa shape index (κ2) is 11.9. The van der Waals surface area contributed by atoms with Crippen LogP contribution in [0.1, 0.15) is 31.2 Å². The molecule has 2 aromatic carbocycles. The van der Waals surface area contributed by atoms with Gasteiger partial charge in [-0.15, -0.1) is 0 Å². The Kier molecular flexibility index (Phi) is 8.96. The molecule has 180 valence electrons. The second-order valence-electron chi connectivity index (χ2n) is 7.87. The lowest BCUT2D eigenvalue weighted by Gasteiger charge is -2.20. The lowest BCUT2D eigenvalue weighted by Crippen LogP contribution is -2.32. The zero-order valence-corrected chi connectivity index (χ0v) is 20.0. The highest BCUT2D eigenvalue weighted by molar-refractivity contribution is 7.89. The number of carbonyl (C=O) groups is 1. The molecule has 1 N–H and O–H groups in total. The van der Waals surface area contributed by atoms with E-state index in [4.69, 9.17) is 14.2 Å². The third-order valence-corrected chi connectivity index (χ3v) is 7.49. The van der Waals surface area contributed by atoms with E-state index in [1.807, 2.05) is 18.2 Å². The van der Waals surface area contributed by atoms with Crippen LogP contribution in [0.25, 0.3) is 0 Å². The molecule has 0 atom stereocenters. The molecule has 1 amide bonds. The van der Waals surface area contributed by atoms with Crippen molar-refractivity contribution in [3.05, 3.63) is 48.0 Å². The number of ether oxygens (including phenoxy) is 3. The van der Waals surface area contributed by atoms with E-state index in [1.54, 1.807) is 30.7 Å². The van der Waals surface area contributed by atoms with Crippen molar-refractivity contribution in [1.29, 1.82) is 0 Å². The SMILES string of the molecule is COc1ccc(CCNC(=O)COc2ccc(S(=O)(=O)N3CCCCCC3)cc2)cc1OC. The van der Waals surface area contributed by atoms with Crippen LogP contribution in [-0.4, -0.2) is 59.1 Å². The maximum atomic E-state index is 12.8. The van der Waals surface area contributed by atoms with Crippen molar-refractivity contribution in [2.75, 3.05) is 40.5 Å². The molecule has 0 spiro atoms. The molecule has 0 bridgehead atoms. The molecular formula is C24H32N2O6S. The first-order valence-electron chi connectivity index (χ1n) is 11.1. The molecular weight excluding hydrogens is 444 g/mol. The van der Waals surface area contributed by atoms with Crippen molar-refractivity contribution in [3.63, 3.8) is 0 Å². The summed E-state index contributed by atoms with van der Waals surface area (Å²) >= 11 is 0. The normalized spacial score (nSPS) is 14.8. The third-order valence-electron chi connectivity index (χ3n) is 5.58. The molecule has 33 heavy (non-hydrogen) atoms. The summed E-state index contributed by atoms with van der Waals surface area (Å²) in [5.74, 6) is 1.49. The first-order valence-corrected chi connectivity index (χ1v) is 12.6. The van der Waals surface area contributed by atoms with E-state index in [9.17, 15) is 13.2 Å². The number of benzene rings is 2. The Morgan fingerprint density at radius 3 is 2.24 bits per heavy atom. The molecule has 3 rings (SSSR count). The Morgan fingerprint density at radius 2 is 1.61 bits per heavy atom. The second-order valence-corrected chi connectivity index (χ2v) is 9.81. The van der Waals surface area contributed by atoms with Crippen LogP contribution in [0, 0.1) is 0 Å². The summed E-state index contributed by atoms with van der Waals surface area (Å²) in [6.07, 6.45) is 4.54. The van der Waals surface area contributed by atoms with E-state index in [0.717, 1.165) is 31.2 Å². The number of methoxy groups -OCH3 is 2. The van der Waals surface area contributed by atoms with Crippen molar-refractivity contribution >= 4 is 15.9 Å². The van der Waals surface area contributed by atoms with E-state index in [2.05, 4.69) is 5.32 Å². The van der Waals surface area contributed by atoms with Gasteiger partial charge >= 0.3 is 0 Å². The highest BCUT2D eigenvalue weighted by Crippen LogP contribution is 2.27. The fourth-order valence-electron chi connectivity index (χ4n) is 3.72. The number of nitrogens with one attached hydrogen (secondary N) is 1. The number of carbonyl (C=O) groups excluding carboxylic acids is 1. The first-order chi connectivity index (χ1) is 15.9. The van der Waals surface area contributed by atoms with Crippen LogP contribution < -0.4 is 19.5 Å². The highest BCUT2D eigenvalue weighted by Gasteiger charge is 2.25. The summed E-state index contributed by atoms with van der Waals surface area (Å²) in [6, 6.07) is 11.9. The number of hydrogen-bond donors (Lipinski definition) is 1. The minimum Gasteiger partial charge on any atom is -0.493 e. The highest BCUT2D eigenvalue weighted by atomic mass is 32.2. The third kappa shape index (κ3) is 6.85.